The van der Waals surface area contributed by atoms with E-state index in [1.54, 1.807) is 0 Å². The SMILES string of the molecule is CC1CN(CC(C)(C)CN)CCO1. The molecule has 0 aliphatic carbocycles. The third-order valence-electron chi connectivity index (χ3n) is 2.53. The summed E-state index contributed by atoms with van der Waals surface area (Å²) < 4.78 is 5.48. The maximum Gasteiger partial charge on any atom is 0.0674 e. The first kappa shape index (κ1) is 11.0. The van der Waals surface area contributed by atoms with E-state index in [-0.39, 0.29) is 5.41 Å². The first-order valence-electron chi connectivity index (χ1n) is 5.07. The maximum absolute atomic E-state index is 5.70. The number of hydrogen-bond acceptors (Lipinski definition) is 3. The molecular weight excluding hydrogens is 164 g/mol. The first-order valence-corrected chi connectivity index (χ1v) is 5.07. The predicted molar refractivity (Wildman–Crippen MR) is 54.7 cm³/mol. The molecule has 0 aromatic carbocycles. The van der Waals surface area contributed by atoms with Crippen LogP contribution in [0.15, 0.2) is 0 Å². The monoisotopic (exact) mass is 186 g/mol. The van der Waals surface area contributed by atoms with E-state index in [9.17, 15) is 0 Å². The molecule has 1 saturated heterocycles. The lowest BCUT2D eigenvalue weighted by Crippen LogP contribution is -2.46. The van der Waals surface area contributed by atoms with Crippen molar-refractivity contribution in [3.8, 4) is 0 Å². The highest BCUT2D eigenvalue weighted by molar-refractivity contribution is 4.77. The van der Waals surface area contributed by atoms with Crippen LogP contribution >= 0.6 is 0 Å². The molecule has 1 fully saturated rings. The van der Waals surface area contributed by atoms with Gasteiger partial charge >= 0.3 is 0 Å². The number of morpholine rings is 1. The molecule has 0 aromatic heterocycles. The molecule has 0 bridgehead atoms. The van der Waals surface area contributed by atoms with E-state index in [1.807, 2.05) is 0 Å². The van der Waals surface area contributed by atoms with Crippen LogP contribution in [0, 0.1) is 5.41 Å². The van der Waals surface area contributed by atoms with Crippen LogP contribution in [0.3, 0.4) is 0 Å². The van der Waals surface area contributed by atoms with Crippen LogP contribution in [0.2, 0.25) is 0 Å². The van der Waals surface area contributed by atoms with Crippen LogP contribution in [0.5, 0.6) is 0 Å². The second-order valence-electron chi connectivity index (χ2n) is 4.78. The van der Waals surface area contributed by atoms with Crippen molar-refractivity contribution < 1.29 is 4.74 Å². The normalized spacial score (nSPS) is 26.3. The van der Waals surface area contributed by atoms with Gasteiger partial charge in [-0.25, -0.2) is 0 Å². The average molecular weight is 186 g/mol. The largest absolute Gasteiger partial charge is 0.376 e. The summed E-state index contributed by atoms with van der Waals surface area (Å²) in [6.07, 6.45) is 0.377. The summed E-state index contributed by atoms with van der Waals surface area (Å²) in [6, 6.07) is 0. The van der Waals surface area contributed by atoms with Crippen molar-refractivity contribution in [1.82, 2.24) is 4.90 Å². The predicted octanol–water partition coefficient (Wildman–Crippen LogP) is 0.692. The van der Waals surface area contributed by atoms with E-state index < -0.39 is 0 Å². The van der Waals surface area contributed by atoms with Gasteiger partial charge in [0.25, 0.3) is 0 Å². The lowest BCUT2D eigenvalue weighted by Gasteiger charge is -2.36. The van der Waals surface area contributed by atoms with Crippen LogP contribution in [-0.4, -0.2) is 43.8 Å². The topological polar surface area (TPSA) is 38.5 Å². The maximum atomic E-state index is 5.70. The molecule has 2 N–H and O–H groups in total. The number of nitrogens with two attached hydrogens (primary N) is 1. The molecule has 0 spiro atoms. The highest BCUT2D eigenvalue weighted by atomic mass is 16.5. The standard InChI is InChI=1S/C10H22N2O/c1-9-6-12(4-5-13-9)8-10(2,3)7-11/h9H,4-8,11H2,1-3H3. The third-order valence-corrected chi connectivity index (χ3v) is 2.53. The minimum atomic E-state index is 0.233. The fraction of sp³-hybridized carbons (Fsp3) is 1.00. The Labute approximate surface area is 81.2 Å². The summed E-state index contributed by atoms with van der Waals surface area (Å²) in [4.78, 5) is 2.45. The third kappa shape index (κ3) is 3.63. The van der Waals surface area contributed by atoms with E-state index in [0.717, 1.165) is 32.8 Å². The van der Waals surface area contributed by atoms with Gasteiger partial charge in [-0.15, -0.1) is 0 Å². The van der Waals surface area contributed by atoms with Crippen molar-refractivity contribution in [2.24, 2.45) is 11.1 Å². The Kier molecular flexibility index (Phi) is 3.71. The Morgan fingerprint density at radius 3 is 2.77 bits per heavy atom. The second-order valence-corrected chi connectivity index (χ2v) is 4.78. The molecule has 3 nitrogen and oxygen atoms in total. The zero-order chi connectivity index (χ0) is 9.90. The fourth-order valence-electron chi connectivity index (χ4n) is 1.70. The van der Waals surface area contributed by atoms with E-state index in [2.05, 4.69) is 25.7 Å². The lowest BCUT2D eigenvalue weighted by molar-refractivity contribution is -0.0284. The van der Waals surface area contributed by atoms with Gasteiger partial charge in [0.05, 0.1) is 12.7 Å². The van der Waals surface area contributed by atoms with Crippen molar-refractivity contribution in [3.05, 3.63) is 0 Å². The second kappa shape index (κ2) is 4.40. The number of ether oxygens (including phenoxy) is 1. The quantitative estimate of drug-likeness (QED) is 0.705. The van der Waals surface area contributed by atoms with Gasteiger partial charge in [-0.05, 0) is 18.9 Å². The molecule has 1 unspecified atom stereocenters. The van der Waals surface area contributed by atoms with Gasteiger partial charge in [-0.2, -0.15) is 0 Å². The molecule has 0 radical (unpaired) electrons. The highest BCUT2D eigenvalue weighted by Gasteiger charge is 2.23. The molecule has 13 heavy (non-hydrogen) atoms. The summed E-state index contributed by atoms with van der Waals surface area (Å²) in [7, 11) is 0. The lowest BCUT2D eigenvalue weighted by atomic mass is 9.93. The van der Waals surface area contributed by atoms with Gasteiger partial charge < -0.3 is 10.5 Å². The average Bonchev–Trinajstić information content (AvgIpc) is 2.03. The van der Waals surface area contributed by atoms with Gasteiger partial charge in [0, 0.05) is 19.6 Å². The van der Waals surface area contributed by atoms with E-state index >= 15 is 0 Å². The van der Waals surface area contributed by atoms with Crippen LogP contribution < -0.4 is 5.73 Å². The summed E-state index contributed by atoms with van der Waals surface area (Å²) >= 11 is 0. The van der Waals surface area contributed by atoms with Crippen molar-refractivity contribution in [1.29, 1.82) is 0 Å². The first-order chi connectivity index (χ1) is 6.03. The molecule has 1 heterocycles. The number of rotatable bonds is 3. The Hall–Kier alpha value is -0.120. The van der Waals surface area contributed by atoms with Crippen LogP contribution in [0.4, 0.5) is 0 Å². The van der Waals surface area contributed by atoms with E-state index in [1.165, 1.54) is 0 Å². The zero-order valence-corrected chi connectivity index (χ0v) is 9.05. The molecule has 1 rings (SSSR count). The van der Waals surface area contributed by atoms with Gasteiger partial charge in [-0.1, -0.05) is 13.8 Å². The van der Waals surface area contributed by atoms with Crippen LogP contribution in [-0.2, 0) is 4.74 Å². The Bertz CT molecular complexity index is 159. The Morgan fingerprint density at radius 1 is 1.54 bits per heavy atom. The van der Waals surface area contributed by atoms with Crippen LogP contribution in [0.1, 0.15) is 20.8 Å². The summed E-state index contributed by atoms with van der Waals surface area (Å²) in [5.41, 5.74) is 5.93. The molecule has 3 heteroatoms. The summed E-state index contributed by atoms with van der Waals surface area (Å²) in [6.45, 7) is 11.3. The van der Waals surface area contributed by atoms with Gasteiger partial charge in [0.2, 0.25) is 0 Å². The molecule has 1 aliphatic rings. The highest BCUT2D eigenvalue weighted by Crippen LogP contribution is 2.16. The van der Waals surface area contributed by atoms with Gasteiger partial charge in [-0.3, -0.25) is 4.90 Å². The number of hydrogen-bond donors (Lipinski definition) is 1. The minimum absolute atomic E-state index is 0.233. The number of nitrogens with zero attached hydrogens (tertiary/aromatic N) is 1. The molecule has 0 aromatic rings. The molecule has 78 valence electrons. The molecule has 1 aliphatic heterocycles. The molecular formula is C10H22N2O. The van der Waals surface area contributed by atoms with Crippen molar-refractivity contribution in [2.75, 3.05) is 32.8 Å². The van der Waals surface area contributed by atoms with Crippen molar-refractivity contribution in [2.45, 2.75) is 26.9 Å². The molecule has 0 amide bonds. The van der Waals surface area contributed by atoms with E-state index in [0.29, 0.717) is 6.10 Å². The molecule has 1 atom stereocenters. The summed E-state index contributed by atoms with van der Waals surface area (Å²) in [5.74, 6) is 0. The smallest absolute Gasteiger partial charge is 0.0674 e. The Morgan fingerprint density at radius 2 is 2.23 bits per heavy atom. The van der Waals surface area contributed by atoms with E-state index in [4.69, 9.17) is 10.5 Å². The minimum Gasteiger partial charge on any atom is -0.376 e. The summed E-state index contributed by atoms with van der Waals surface area (Å²) in [5, 5.41) is 0. The Balaban J connectivity index is 2.35. The fourth-order valence-corrected chi connectivity index (χ4v) is 1.70. The zero-order valence-electron chi connectivity index (χ0n) is 9.05. The molecule has 0 saturated carbocycles. The van der Waals surface area contributed by atoms with Gasteiger partial charge in [0.15, 0.2) is 0 Å². The van der Waals surface area contributed by atoms with Crippen LogP contribution in [0.25, 0.3) is 0 Å². The van der Waals surface area contributed by atoms with Crippen molar-refractivity contribution >= 4 is 0 Å². The van der Waals surface area contributed by atoms with Gasteiger partial charge in [0.1, 0.15) is 0 Å². The van der Waals surface area contributed by atoms with Crippen molar-refractivity contribution in [3.63, 3.8) is 0 Å².